The number of hydrogen-bond donors (Lipinski definition) is 0. The van der Waals surface area contributed by atoms with Crippen LogP contribution in [0.4, 0.5) is 0 Å². The van der Waals surface area contributed by atoms with E-state index in [1.807, 2.05) is 0 Å². The van der Waals surface area contributed by atoms with Crippen LogP contribution in [0.2, 0.25) is 0 Å². The Bertz CT molecular complexity index is 204. The molecular weight excluding hydrogens is 156 g/mol. The van der Waals surface area contributed by atoms with Crippen molar-refractivity contribution in [1.82, 2.24) is 0 Å². The molecular formula is C5H10O4S. The van der Waals surface area contributed by atoms with E-state index in [-0.39, 0.29) is 6.61 Å². The van der Waals surface area contributed by atoms with Crippen LogP contribution >= 0.6 is 0 Å². The maximum absolute atomic E-state index is 10.6. The molecule has 0 unspecified atom stereocenters. The Morgan fingerprint density at radius 1 is 1.50 bits per heavy atom. The summed E-state index contributed by atoms with van der Waals surface area (Å²) in [6.45, 7) is 2.84. The third kappa shape index (κ3) is 4.46. The largest absolute Gasteiger partial charge is 0.299 e. The van der Waals surface area contributed by atoms with E-state index in [1.54, 1.807) is 6.92 Å². The first kappa shape index (κ1) is 9.58. The van der Waals surface area contributed by atoms with Gasteiger partial charge in [0.05, 0.1) is 6.61 Å². The monoisotopic (exact) mass is 166 g/mol. The molecule has 0 fully saturated rings. The van der Waals surface area contributed by atoms with Crippen LogP contribution in [0.3, 0.4) is 0 Å². The van der Waals surface area contributed by atoms with Gasteiger partial charge in [-0.05, 0) is 13.8 Å². The molecule has 0 aromatic heterocycles. The minimum atomic E-state index is -3.58. The second kappa shape index (κ2) is 3.68. The molecule has 0 aliphatic carbocycles. The van der Waals surface area contributed by atoms with Crippen LogP contribution in [0.5, 0.6) is 0 Å². The number of carbonyl (C=O) groups excluding carboxylic acids is 1. The number of carbonyl (C=O) groups is 1. The molecule has 0 radical (unpaired) electrons. The van der Waals surface area contributed by atoms with Crippen molar-refractivity contribution in [1.29, 1.82) is 0 Å². The first-order valence-corrected chi connectivity index (χ1v) is 4.42. The maximum Gasteiger partial charge on any atom is 0.274 e. The first-order valence-electron chi connectivity index (χ1n) is 2.84. The molecule has 60 valence electrons. The summed E-state index contributed by atoms with van der Waals surface area (Å²) in [5.74, 6) is -0.936. The summed E-state index contributed by atoms with van der Waals surface area (Å²) in [4.78, 5) is 10.3. The highest BCUT2D eigenvalue weighted by molar-refractivity contribution is 7.87. The lowest BCUT2D eigenvalue weighted by atomic mass is 10.5. The summed E-state index contributed by atoms with van der Waals surface area (Å²) < 4.78 is 25.5. The van der Waals surface area contributed by atoms with Crippen molar-refractivity contribution < 1.29 is 17.4 Å². The number of ketones is 1. The smallest absolute Gasteiger partial charge is 0.274 e. The second-order valence-electron chi connectivity index (χ2n) is 1.81. The van der Waals surface area contributed by atoms with E-state index in [0.29, 0.717) is 0 Å². The standard InChI is InChI=1S/C5H10O4S/c1-3-9-10(7,8)4-5(2)6/h3-4H2,1-2H3. The van der Waals surface area contributed by atoms with Crippen molar-refractivity contribution in [2.45, 2.75) is 13.8 Å². The van der Waals surface area contributed by atoms with E-state index >= 15 is 0 Å². The van der Waals surface area contributed by atoms with Gasteiger partial charge in [-0.15, -0.1) is 0 Å². The van der Waals surface area contributed by atoms with Crippen molar-refractivity contribution >= 4 is 15.9 Å². The van der Waals surface area contributed by atoms with Crippen LogP contribution in [0.25, 0.3) is 0 Å². The molecule has 0 aliphatic heterocycles. The summed E-state index contributed by atoms with van der Waals surface area (Å²) in [5, 5.41) is 0. The lowest BCUT2D eigenvalue weighted by Gasteiger charge is -1.98. The molecule has 0 spiro atoms. The molecule has 0 rings (SSSR count). The average molecular weight is 166 g/mol. The Morgan fingerprint density at radius 3 is 2.30 bits per heavy atom. The summed E-state index contributed by atoms with van der Waals surface area (Å²) in [5.41, 5.74) is 0. The summed E-state index contributed by atoms with van der Waals surface area (Å²) >= 11 is 0. The van der Waals surface area contributed by atoms with Crippen LogP contribution < -0.4 is 0 Å². The molecule has 0 N–H and O–H groups in total. The van der Waals surface area contributed by atoms with Gasteiger partial charge in [-0.3, -0.25) is 8.98 Å². The van der Waals surface area contributed by atoms with Gasteiger partial charge < -0.3 is 0 Å². The van der Waals surface area contributed by atoms with E-state index in [0.717, 1.165) is 0 Å². The third-order valence-corrected chi connectivity index (χ3v) is 2.03. The summed E-state index contributed by atoms with van der Waals surface area (Å²) in [6, 6.07) is 0. The number of Topliss-reactive ketones (excluding diaryl/α,β-unsaturated/α-hetero) is 1. The zero-order valence-electron chi connectivity index (χ0n) is 5.96. The highest BCUT2D eigenvalue weighted by Gasteiger charge is 2.12. The molecule has 0 aliphatic rings. The van der Waals surface area contributed by atoms with Crippen molar-refractivity contribution in [3.05, 3.63) is 0 Å². The second-order valence-corrected chi connectivity index (χ2v) is 3.45. The van der Waals surface area contributed by atoms with E-state index in [1.165, 1.54) is 6.92 Å². The van der Waals surface area contributed by atoms with Crippen molar-refractivity contribution in [2.75, 3.05) is 12.4 Å². The fraction of sp³-hybridized carbons (Fsp3) is 0.800. The zero-order chi connectivity index (χ0) is 8.20. The molecule has 0 heterocycles. The van der Waals surface area contributed by atoms with Gasteiger partial charge in [-0.1, -0.05) is 0 Å². The normalized spacial score (nSPS) is 11.4. The predicted molar refractivity (Wildman–Crippen MR) is 36.1 cm³/mol. The zero-order valence-corrected chi connectivity index (χ0v) is 6.77. The third-order valence-electron chi connectivity index (χ3n) is 0.677. The molecule has 0 amide bonds. The molecule has 0 atom stereocenters. The van der Waals surface area contributed by atoms with Gasteiger partial charge in [0, 0.05) is 0 Å². The van der Waals surface area contributed by atoms with E-state index in [4.69, 9.17) is 0 Å². The molecule has 4 nitrogen and oxygen atoms in total. The summed E-state index contributed by atoms with van der Waals surface area (Å²) in [7, 11) is -3.58. The van der Waals surface area contributed by atoms with Crippen LogP contribution in [0.15, 0.2) is 0 Å². The molecule has 0 saturated heterocycles. The fourth-order valence-corrected chi connectivity index (χ4v) is 1.41. The molecule has 0 saturated carbocycles. The van der Waals surface area contributed by atoms with E-state index < -0.39 is 21.7 Å². The van der Waals surface area contributed by atoms with Gasteiger partial charge in [0.25, 0.3) is 10.1 Å². The maximum atomic E-state index is 10.6. The van der Waals surface area contributed by atoms with Crippen molar-refractivity contribution in [3.8, 4) is 0 Å². The summed E-state index contributed by atoms with van der Waals surface area (Å²) in [6.07, 6.45) is 0. The fourth-order valence-electron chi connectivity index (χ4n) is 0.470. The van der Waals surface area contributed by atoms with Gasteiger partial charge in [-0.25, -0.2) is 0 Å². The van der Waals surface area contributed by atoms with Crippen molar-refractivity contribution in [3.63, 3.8) is 0 Å². The Labute approximate surface area is 60.3 Å². The molecule has 0 aromatic carbocycles. The quantitative estimate of drug-likeness (QED) is 0.549. The molecule has 0 bridgehead atoms. The SMILES string of the molecule is CCOS(=O)(=O)CC(C)=O. The van der Waals surface area contributed by atoms with Crippen molar-refractivity contribution in [2.24, 2.45) is 0 Å². The van der Waals surface area contributed by atoms with Crippen LogP contribution in [0.1, 0.15) is 13.8 Å². The number of rotatable bonds is 4. The van der Waals surface area contributed by atoms with Crippen LogP contribution in [-0.2, 0) is 19.1 Å². The minimum Gasteiger partial charge on any atom is -0.299 e. The highest BCUT2D eigenvalue weighted by atomic mass is 32.2. The highest BCUT2D eigenvalue weighted by Crippen LogP contribution is 1.92. The number of hydrogen-bond acceptors (Lipinski definition) is 4. The molecule has 10 heavy (non-hydrogen) atoms. The van der Waals surface area contributed by atoms with Gasteiger partial charge in [0.1, 0.15) is 11.5 Å². The molecule has 5 heteroatoms. The van der Waals surface area contributed by atoms with Crippen LogP contribution in [-0.4, -0.2) is 26.6 Å². The first-order chi connectivity index (χ1) is 4.48. The Hall–Kier alpha value is -0.420. The lowest BCUT2D eigenvalue weighted by molar-refractivity contribution is -0.114. The predicted octanol–water partition coefficient (Wildman–Crippen LogP) is -0.0583. The van der Waals surface area contributed by atoms with Gasteiger partial charge >= 0.3 is 0 Å². The average Bonchev–Trinajstić information content (AvgIpc) is 1.59. The van der Waals surface area contributed by atoms with E-state index in [9.17, 15) is 13.2 Å². The molecule has 0 aromatic rings. The van der Waals surface area contributed by atoms with E-state index in [2.05, 4.69) is 4.18 Å². The van der Waals surface area contributed by atoms with Gasteiger partial charge in [-0.2, -0.15) is 8.42 Å². The minimum absolute atomic E-state index is 0.0790. The Kier molecular flexibility index (Phi) is 3.52. The lowest BCUT2D eigenvalue weighted by Crippen LogP contribution is -2.15. The Balaban J connectivity index is 4.02. The van der Waals surface area contributed by atoms with Gasteiger partial charge in [0.15, 0.2) is 0 Å². The van der Waals surface area contributed by atoms with Gasteiger partial charge in [0.2, 0.25) is 0 Å². The Morgan fingerprint density at radius 2 is 2.00 bits per heavy atom. The topological polar surface area (TPSA) is 60.4 Å². The van der Waals surface area contributed by atoms with Crippen LogP contribution in [0, 0.1) is 0 Å².